The van der Waals surface area contributed by atoms with Gasteiger partial charge in [0.25, 0.3) is 0 Å². The first kappa shape index (κ1) is 22.6. The summed E-state index contributed by atoms with van der Waals surface area (Å²) in [6.07, 6.45) is 4.49. The highest BCUT2D eigenvalue weighted by molar-refractivity contribution is 6.30. The molecule has 0 fully saturated rings. The molecule has 0 aliphatic heterocycles. The molecule has 1 heterocycles. The molecule has 4 rings (SSSR count). The maximum atomic E-state index is 10.9. The van der Waals surface area contributed by atoms with Crippen LogP contribution in [0.1, 0.15) is 48.2 Å². The molecule has 33 heavy (non-hydrogen) atoms. The van der Waals surface area contributed by atoms with Gasteiger partial charge in [-0.1, -0.05) is 74.0 Å². The Labute approximate surface area is 199 Å². The summed E-state index contributed by atoms with van der Waals surface area (Å²) in [6.45, 7) is 4.32. The molecule has 0 atom stereocenters. The van der Waals surface area contributed by atoms with Gasteiger partial charge < -0.3 is 10.1 Å². The average Bonchev–Trinajstić information content (AvgIpc) is 3.25. The van der Waals surface area contributed by atoms with E-state index in [0.717, 1.165) is 57.2 Å². The van der Waals surface area contributed by atoms with Crippen LogP contribution in [0, 0.1) is 0 Å². The van der Waals surface area contributed by atoms with E-state index in [1.54, 1.807) is 6.08 Å². The molecule has 4 aromatic rings. The van der Waals surface area contributed by atoms with Crippen molar-refractivity contribution in [1.29, 1.82) is 0 Å². The molecule has 2 N–H and O–H groups in total. The lowest BCUT2D eigenvalue weighted by Gasteiger charge is -2.18. The minimum atomic E-state index is -0.958. The third-order valence-electron chi connectivity index (χ3n) is 5.85. The number of carbonyl (C=O) groups is 1. The van der Waals surface area contributed by atoms with E-state index >= 15 is 0 Å². The van der Waals surface area contributed by atoms with Crippen LogP contribution < -0.4 is 0 Å². The van der Waals surface area contributed by atoms with E-state index in [0.29, 0.717) is 0 Å². The fraction of sp³-hybridized carbons (Fsp3) is 0.138. The summed E-state index contributed by atoms with van der Waals surface area (Å²) in [6, 6.07) is 24.6. The van der Waals surface area contributed by atoms with Crippen LogP contribution in [0.3, 0.4) is 0 Å². The van der Waals surface area contributed by atoms with Crippen LogP contribution in [0.25, 0.3) is 28.1 Å². The second-order valence-electron chi connectivity index (χ2n) is 7.93. The first-order valence-electron chi connectivity index (χ1n) is 11.1. The van der Waals surface area contributed by atoms with Crippen molar-refractivity contribution >= 4 is 45.7 Å². The number of H-pyrrole nitrogens is 1. The van der Waals surface area contributed by atoms with Crippen LogP contribution in [0.15, 0.2) is 78.9 Å². The van der Waals surface area contributed by atoms with Crippen LogP contribution >= 0.6 is 11.6 Å². The van der Waals surface area contributed by atoms with E-state index in [9.17, 15) is 4.79 Å². The van der Waals surface area contributed by atoms with E-state index in [-0.39, 0.29) is 0 Å². The van der Waals surface area contributed by atoms with E-state index < -0.39 is 5.97 Å². The number of carboxylic acid groups (broad SMARTS) is 1. The first-order valence-corrected chi connectivity index (χ1v) is 11.5. The lowest BCUT2D eigenvalue weighted by atomic mass is 9.87. The number of aryl methyl sites for hydroxylation is 1. The molecule has 0 spiro atoms. The molecular weight excluding hydrogens is 430 g/mol. The Morgan fingerprint density at radius 2 is 1.76 bits per heavy atom. The largest absolute Gasteiger partial charge is 0.478 e. The maximum Gasteiger partial charge on any atom is 0.328 e. The number of rotatable bonds is 7. The van der Waals surface area contributed by atoms with E-state index in [1.165, 1.54) is 16.7 Å². The zero-order chi connectivity index (χ0) is 23.4. The zero-order valence-electron chi connectivity index (χ0n) is 18.7. The number of carboxylic acids is 1. The molecule has 4 heteroatoms. The molecule has 0 unspecified atom stereocenters. The van der Waals surface area contributed by atoms with Crippen molar-refractivity contribution in [2.75, 3.05) is 0 Å². The second kappa shape index (κ2) is 9.93. The van der Waals surface area contributed by atoms with Gasteiger partial charge in [0.15, 0.2) is 0 Å². The molecule has 0 saturated carbocycles. The number of benzene rings is 3. The number of aromatic amines is 1. The van der Waals surface area contributed by atoms with Crippen molar-refractivity contribution in [2.24, 2.45) is 0 Å². The number of nitrogens with one attached hydrogen (secondary N) is 1. The van der Waals surface area contributed by atoms with Crippen molar-refractivity contribution < 1.29 is 9.90 Å². The lowest BCUT2D eigenvalue weighted by Crippen LogP contribution is -1.99. The van der Waals surface area contributed by atoms with Crippen molar-refractivity contribution in [3.63, 3.8) is 0 Å². The Hall–Kier alpha value is -3.56. The van der Waals surface area contributed by atoms with Crippen LogP contribution in [-0.2, 0) is 11.2 Å². The molecular formula is C29H26ClNO2. The summed E-state index contributed by atoms with van der Waals surface area (Å²) in [5.41, 5.74) is 8.86. The number of aromatic nitrogens is 1. The molecule has 0 radical (unpaired) electrons. The number of hydrogen-bond acceptors (Lipinski definition) is 1. The van der Waals surface area contributed by atoms with Crippen LogP contribution in [0.2, 0.25) is 5.02 Å². The number of halogens is 1. The molecule has 166 valence electrons. The fourth-order valence-corrected chi connectivity index (χ4v) is 4.47. The summed E-state index contributed by atoms with van der Waals surface area (Å²) in [7, 11) is 0. The van der Waals surface area contributed by atoms with Gasteiger partial charge in [-0.25, -0.2) is 4.79 Å². The van der Waals surface area contributed by atoms with Crippen LogP contribution in [0.4, 0.5) is 0 Å². The van der Waals surface area contributed by atoms with Gasteiger partial charge in [-0.15, -0.1) is 0 Å². The standard InChI is InChI=1S/C29H26ClNO2/c1-3-20-17-23(30)14-15-25(20)24(4-2)29(27-18-22-7-5-6-8-26(22)31-27)21-12-9-19(10-13-21)11-16-28(32)33/h5-18,31H,3-4H2,1-2H3,(H,32,33)/b16-11+,29-24+. The predicted octanol–water partition coefficient (Wildman–Crippen LogP) is 7.85. The Kier molecular flexibility index (Phi) is 6.81. The predicted molar refractivity (Wildman–Crippen MR) is 138 cm³/mol. The van der Waals surface area contributed by atoms with Crippen molar-refractivity contribution in [1.82, 2.24) is 4.98 Å². The Morgan fingerprint density at radius 3 is 2.42 bits per heavy atom. The number of fused-ring (bicyclic) bond motifs is 1. The van der Waals surface area contributed by atoms with Gasteiger partial charge in [-0.05, 0) is 71.0 Å². The number of para-hydroxylation sites is 1. The van der Waals surface area contributed by atoms with Gasteiger partial charge >= 0.3 is 5.97 Å². The Bertz CT molecular complexity index is 1330. The van der Waals surface area contributed by atoms with Crippen LogP contribution in [0.5, 0.6) is 0 Å². The normalized spacial score (nSPS) is 12.3. The average molecular weight is 456 g/mol. The molecule has 3 aromatic carbocycles. The lowest BCUT2D eigenvalue weighted by molar-refractivity contribution is -0.131. The molecule has 0 aliphatic carbocycles. The molecule has 0 amide bonds. The van der Waals surface area contributed by atoms with Gasteiger partial charge in [0, 0.05) is 33.3 Å². The molecule has 3 nitrogen and oxygen atoms in total. The fourth-order valence-electron chi connectivity index (χ4n) is 4.28. The third-order valence-corrected chi connectivity index (χ3v) is 6.08. The summed E-state index contributed by atoms with van der Waals surface area (Å²) in [5.74, 6) is -0.958. The van der Waals surface area contributed by atoms with Gasteiger partial charge in [0.05, 0.1) is 0 Å². The van der Waals surface area contributed by atoms with Gasteiger partial charge in [-0.3, -0.25) is 0 Å². The zero-order valence-corrected chi connectivity index (χ0v) is 19.5. The second-order valence-corrected chi connectivity index (χ2v) is 8.36. The van der Waals surface area contributed by atoms with E-state index in [4.69, 9.17) is 16.7 Å². The topological polar surface area (TPSA) is 53.1 Å². The van der Waals surface area contributed by atoms with Crippen molar-refractivity contribution in [3.8, 4) is 0 Å². The minimum Gasteiger partial charge on any atom is -0.478 e. The summed E-state index contributed by atoms with van der Waals surface area (Å²) < 4.78 is 0. The van der Waals surface area contributed by atoms with Crippen molar-refractivity contribution in [3.05, 3.63) is 112 Å². The molecule has 0 aliphatic rings. The maximum absolute atomic E-state index is 10.9. The first-order chi connectivity index (χ1) is 16.0. The van der Waals surface area contributed by atoms with Gasteiger partial charge in [0.1, 0.15) is 0 Å². The minimum absolute atomic E-state index is 0.743. The SMILES string of the molecule is CC/C(=C(/c1ccc(/C=C/C(=O)O)cc1)c1cc2ccccc2[nH]1)c1ccc(Cl)cc1CC. The Balaban J connectivity index is 1.95. The smallest absolute Gasteiger partial charge is 0.328 e. The monoisotopic (exact) mass is 455 g/mol. The molecule has 0 saturated heterocycles. The van der Waals surface area contributed by atoms with Gasteiger partial charge in [-0.2, -0.15) is 0 Å². The summed E-state index contributed by atoms with van der Waals surface area (Å²) in [4.78, 5) is 14.5. The number of allylic oxidation sites excluding steroid dienone is 1. The highest BCUT2D eigenvalue weighted by atomic mass is 35.5. The molecule has 0 bridgehead atoms. The quantitative estimate of drug-likeness (QED) is 0.220. The summed E-state index contributed by atoms with van der Waals surface area (Å²) >= 11 is 6.31. The summed E-state index contributed by atoms with van der Waals surface area (Å²) in [5, 5.41) is 10.8. The third kappa shape index (κ3) is 4.94. The Morgan fingerprint density at radius 1 is 1.00 bits per heavy atom. The van der Waals surface area contributed by atoms with E-state index in [2.05, 4.69) is 61.3 Å². The van der Waals surface area contributed by atoms with Gasteiger partial charge in [0.2, 0.25) is 0 Å². The van der Waals surface area contributed by atoms with E-state index in [1.807, 2.05) is 30.3 Å². The highest BCUT2D eigenvalue weighted by Gasteiger charge is 2.17. The van der Waals surface area contributed by atoms with Crippen molar-refractivity contribution in [2.45, 2.75) is 26.7 Å². The van der Waals surface area contributed by atoms with Crippen LogP contribution in [-0.4, -0.2) is 16.1 Å². The number of aliphatic carboxylic acids is 1. The number of hydrogen-bond donors (Lipinski definition) is 2. The molecule has 1 aromatic heterocycles. The highest BCUT2D eigenvalue weighted by Crippen LogP contribution is 2.37.